The summed E-state index contributed by atoms with van der Waals surface area (Å²) in [6.07, 6.45) is 0.159. The molecule has 146 valence electrons. The molecule has 0 spiro atoms. The van der Waals surface area contributed by atoms with Crippen LogP contribution < -0.4 is 15.8 Å². The van der Waals surface area contributed by atoms with Crippen molar-refractivity contribution in [3.8, 4) is 5.75 Å². The molecule has 0 heterocycles. The number of hydrogen-bond donors (Lipinski definition) is 2. The molecule has 0 aliphatic heterocycles. The van der Waals surface area contributed by atoms with E-state index >= 15 is 0 Å². The number of nitrogens with two attached hydrogens (primary N) is 1. The summed E-state index contributed by atoms with van der Waals surface area (Å²) in [5, 5.41) is 3.14. The minimum absolute atomic E-state index is 0.159. The highest BCUT2D eigenvalue weighted by molar-refractivity contribution is 5.92. The lowest BCUT2D eigenvalue weighted by molar-refractivity contribution is 0.242. The minimum Gasteiger partial charge on any atom is -0.491 e. The van der Waals surface area contributed by atoms with E-state index < -0.39 is 0 Å². The fraction of sp³-hybridized carbons (Fsp3) is 0.409. The molecule has 0 aromatic heterocycles. The lowest BCUT2D eigenvalue weighted by atomic mass is 10.1. The number of aliphatic imine (C=N–C) groups is 1. The van der Waals surface area contributed by atoms with E-state index in [0.717, 1.165) is 31.1 Å². The lowest BCUT2D eigenvalue weighted by Gasteiger charge is -2.19. The Morgan fingerprint density at radius 1 is 1.04 bits per heavy atom. The largest absolute Gasteiger partial charge is 0.491 e. The molecule has 0 amide bonds. The van der Waals surface area contributed by atoms with Gasteiger partial charge in [0.1, 0.15) is 5.75 Å². The van der Waals surface area contributed by atoms with Crippen molar-refractivity contribution in [1.82, 2.24) is 4.90 Å². The van der Waals surface area contributed by atoms with Crippen molar-refractivity contribution in [3.63, 3.8) is 0 Å². The van der Waals surface area contributed by atoms with E-state index in [1.165, 1.54) is 11.1 Å². The maximum absolute atomic E-state index is 6.07. The Morgan fingerprint density at radius 2 is 1.67 bits per heavy atom. The average Bonchev–Trinajstić information content (AvgIpc) is 2.66. The van der Waals surface area contributed by atoms with Gasteiger partial charge in [0.2, 0.25) is 0 Å². The molecule has 0 atom stereocenters. The van der Waals surface area contributed by atoms with Crippen molar-refractivity contribution in [2.24, 2.45) is 10.7 Å². The molecule has 27 heavy (non-hydrogen) atoms. The number of benzene rings is 2. The summed E-state index contributed by atoms with van der Waals surface area (Å²) < 4.78 is 5.65. The molecule has 2 rings (SSSR count). The highest BCUT2D eigenvalue weighted by atomic mass is 16.5. The molecule has 3 N–H and O–H groups in total. The first kappa shape index (κ1) is 20.8. The van der Waals surface area contributed by atoms with Gasteiger partial charge in [-0.1, -0.05) is 38.1 Å². The van der Waals surface area contributed by atoms with E-state index in [9.17, 15) is 0 Å². The fourth-order valence-electron chi connectivity index (χ4n) is 2.80. The standard InChI is InChI=1S/C22H32N4O/c1-5-26(6-2)16-19-10-8-7-9-18(19)15-24-22(23)25-20-11-13-21(14-12-20)27-17(3)4/h7-14,17H,5-6,15-16H2,1-4H3,(H3,23,24,25). The summed E-state index contributed by atoms with van der Waals surface area (Å²) in [6.45, 7) is 12.0. The second kappa shape index (κ2) is 10.6. The summed E-state index contributed by atoms with van der Waals surface area (Å²) in [5.74, 6) is 1.25. The predicted octanol–water partition coefficient (Wildman–Crippen LogP) is 4.24. The molecule has 0 aliphatic carbocycles. The molecule has 5 heteroatoms. The molecule has 0 saturated carbocycles. The number of ether oxygens (including phenoxy) is 1. The summed E-state index contributed by atoms with van der Waals surface area (Å²) in [4.78, 5) is 6.91. The molecule has 0 unspecified atom stereocenters. The number of nitrogens with zero attached hydrogens (tertiary/aromatic N) is 2. The van der Waals surface area contributed by atoms with Crippen molar-refractivity contribution in [2.45, 2.75) is 46.9 Å². The van der Waals surface area contributed by atoms with Gasteiger partial charge >= 0.3 is 0 Å². The quantitative estimate of drug-likeness (QED) is 0.513. The second-order valence-electron chi connectivity index (χ2n) is 6.75. The Hall–Kier alpha value is -2.53. The molecule has 0 aliphatic rings. The molecule has 0 fully saturated rings. The van der Waals surface area contributed by atoms with Crippen LogP contribution in [0.5, 0.6) is 5.75 Å². The van der Waals surface area contributed by atoms with Crippen molar-refractivity contribution in [3.05, 3.63) is 59.7 Å². The molecule has 0 radical (unpaired) electrons. The minimum atomic E-state index is 0.159. The molecule has 0 saturated heterocycles. The zero-order valence-electron chi connectivity index (χ0n) is 16.9. The number of guanidine groups is 1. The average molecular weight is 369 g/mol. The maximum atomic E-state index is 6.07. The first-order chi connectivity index (χ1) is 13.0. The molecule has 5 nitrogen and oxygen atoms in total. The Kier molecular flexibility index (Phi) is 8.14. The zero-order chi connectivity index (χ0) is 19.6. The fourth-order valence-corrected chi connectivity index (χ4v) is 2.80. The highest BCUT2D eigenvalue weighted by Crippen LogP contribution is 2.17. The topological polar surface area (TPSA) is 62.9 Å². The van der Waals surface area contributed by atoms with Crippen molar-refractivity contribution >= 4 is 11.6 Å². The molecular formula is C22H32N4O. The Bertz CT molecular complexity index is 721. The van der Waals surface area contributed by atoms with Crippen LogP contribution in [0.1, 0.15) is 38.8 Å². The Morgan fingerprint density at radius 3 is 2.26 bits per heavy atom. The first-order valence-corrected chi connectivity index (χ1v) is 9.64. The van der Waals surface area contributed by atoms with E-state index in [2.05, 4.69) is 47.3 Å². The van der Waals surface area contributed by atoms with Gasteiger partial charge in [-0.05, 0) is 62.3 Å². The van der Waals surface area contributed by atoms with Gasteiger partial charge in [-0.2, -0.15) is 0 Å². The smallest absolute Gasteiger partial charge is 0.193 e. The van der Waals surface area contributed by atoms with E-state index in [4.69, 9.17) is 10.5 Å². The van der Waals surface area contributed by atoms with Gasteiger partial charge < -0.3 is 15.8 Å². The van der Waals surface area contributed by atoms with Crippen LogP contribution in [0, 0.1) is 0 Å². The van der Waals surface area contributed by atoms with Crippen molar-refractivity contribution in [2.75, 3.05) is 18.4 Å². The van der Waals surface area contributed by atoms with Gasteiger partial charge in [-0.3, -0.25) is 4.90 Å². The summed E-state index contributed by atoms with van der Waals surface area (Å²) in [6, 6.07) is 16.1. The summed E-state index contributed by atoms with van der Waals surface area (Å²) in [5.41, 5.74) is 9.47. The van der Waals surface area contributed by atoms with Crippen LogP contribution >= 0.6 is 0 Å². The van der Waals surface area contributed by atoms with E-state index in [0.29, 0.717) is 12.5 Å². The maximum Gasteiger partial charge on any atom is 0.193 e. The van der Waals surface area contributed by atoms with Crippen LogP contribution in [0.4, 0.5) is 5.69 Å². The van der Waals surface area contributed by atoms with Crippen LogP contribution in [0.3, 0.4) is 0 Å². The van der Waals surface area contributed by atoms with E-state index in [1.807, 2.05) is 44.2 Å². The van der Waals surface area contributed by atoms with Crippen molar-refractivity contribution in [1.29, 1.82) is 0 Å². The number of anilines is 1. The van der Waals surface area contributed by atoms with E-state index in [1.54, 1.807) is 0 Å². The van der Waals surface area contributed by atoms with Gasteiger partial charge in [0, 0.05) is 12.2 Å². The van der Waals surface area contributed by atoms with E-state index in [-0.39, 0.29) is 6.10 Å². The van der Waals surface area contributed by atoms with Gasteiger partial charge in [0.15, 0.2) is 5.96 Å². The zero-order valence-corrected chi connectivity index (χ0v) is 16.9. The molecule has 0 bridgehead atoms. The van der Waals surface area contributed by atoms with Gasteiger partial charge in [-0.25, -0.2) is 4.99 Å². The number of nitrogens with one attached hydrogen (secondary N) is 1. The Labute approximate surface area is 163 Å². The third kappa shape index (κ3) is 6.94. The molecule has 2 aromatic rings. The molecular weight excluding hydrogens is 336 g/mol. The number of rotatable bonds is 9. The lowest BCUT2D eigenvalue weighted by Crippen LogP contribution is -2.24. The van der Waals surface area contributed by atoms with Crippen LogP contribution in [-0.2, 0) is 13.1 Å². The van der Waals surface area contributed by atoms with Gasteiger partial charge in [-0.15, -0.1) is 0 Å². The Balaban J connectivity index is 1.99. The third-order valence-electron chi connectivity index (χ3n) is 4.33. The second-order valence-corrected chi connectivity index (χ2v) is 6.75. The molecule has 2 aromatic carbocycles. The van der Waals surface area contributed by atoms with Crippen LogP contribution in [0.15, 0.2) is 53.5 Å². The van der Waals surface area contributed by atoms with Crippen LogP contribution in [0.25, 0.3) is 0 Å². The van der Waals surface area contributed by atoms with Crippen LogP contribution in [0.2, 0.25) is 0 Å². The highest BCUT2D eigenvalue weighted by Gasteiger charge is 2.06. The number of hydrogen-bond acceptors (Lipinski definition) is 3. The summed E-state index contributed by atoms with van der Waals surface area (Å²) in [7, 11) is 0. The van der Waals surface area contributed by atoms with Gasteiger partial charge in [0.25, 0.3) is 0 Å². The normalized spacial score (nSPS) is 11.9. The first-order valence-electron chi connectivity index (χ1n) is 9.64. The van der Waals surface area contributed by atoms with Crippen molar-refractivity contribution < 1.29 is 4.74 Å². The summed E-state index contributed by atoms with van der Waals surface area (Å²) >= 11 is 0. The monoisotopic (exact) mass is 368 g/mol. The van der Waals surface area contributed by atoms with Crippen LogP contribution in [-0.4, -0.2) is 30.1 Å². The predicted molar refractivity (Wildman–Crippen MR) is 114 cm³/mol. The van der Waals surface area contributed by atoms with Gasteiger partial charge in [0.05, 0.1) is 12.6 Å². The third-order valence-corrected chi connectivity index (χ3v) is 4.33. The SMILES string of the molecule is CCN(CC)Cc1ccccc1CN=C(N)Nc1ccc(OC(C)C)cc1.